The number of carbonyl (C=O) groups excluding carboxylic acids is 1. The minimum absolute atomic E-state index is 0.0441. The van der Waals surface area contributed by atoms with Crippen LogP contribution in [0.1, 0.15) is 39.0 Å². The predicted octanol–water partition coefficient (Wildman–Crippen LogP) is 0.579. The molecular formula is C11H20N2O3. The molecule has 5 nitrogen and oxygen atoms in total. The summed E-state index contributed by atoms with van der Waals surface area (Å²) in [5.41, 5.74) is 5.71. The first kappa shape index (κ1) is 13.0. The maximum absolute atomic E-state index is 11.9. The first-order valence-electron chi connectivity index (χ1n) is 5.84. The van der Waals surface area contributed by atoms with Gasteiger partial charge in [-0.25, -0.2) is 0 Å². The number of likely N-dealkylation sites (tertiary alicyclic amines) is 1. The van der Waals surface area contributed by atoms with Crippen LogP contribution >= 0.6 is 0 Å². The number of carboxylic acid groups (broad SMARTS) is 1. The lowest BCUT2D eigenvalue weighted by molar-refractivity contribution is -0.137. The van der Waals surface area contributed by atoms with Crippen LogP contribution in [-0.4, -0.2) is 40.5 Å². The third kappa shape index (κ3) is 3.20. The van der Waals surface area contributed by atoms with E-state index in [2.05, 4.69) is 6.92 Å². The van der Waals surface area contributed by atoms with Gasteiger partial charge in [0.2, 0.25) is 5.91 Å². The molecule has 0 spiro atoms. The van der Waals surface area contributed by atoms with Gasteiger partial charge in [-0.3, -0.25) is 9.59 Å². The summed E-state index contributed by atoms with van der Waals surface area (Å²) in [5.74, 6) is -0.998. The van der Waals surface area contributed by atoms with E-state index in [1.54, 1.807) is 0 Å². The van der Waals surface area contributed by atoms with Crippen LogP contribution in [0.15, 0.2) is 0 Å². The smallest absolute Gasteiger partial charge is 0.303 e. The van der Waals surface area contributed by atoms with E-state index < -0.39 is 12.0 Å². The van der Waals surface area contributed by atoms with Crippen molar-refractivity contribution in [2.75, 3.05) is 6.54 Å². The molecule has 3 N–H and O–H groups in total. The molecule has 1 heterocycles. The summed E-state index contributed by atoms with van der Waals surface area (Å²) in [6.45, 7) is 2.82. The second kappa shape index (κ2) is 5.84. The zero-order valence-corrected chi connectivity index (χ0v) is 9.69. The monoisotopic (exact) mass is 228 g/mol. The Hall–Kier alpha value is -1.10. The lowest BCUT2D eigenvalue weighted by Crippen LogP contribution is -2.46. The van der Waals surface area contributed by atoms with Gasteiger partial charge in [0.25, 0.3) is 0 Å². The fraction of sp³-hybridized carbons (Fsp3) is 0.818. The molecule has 16 heavy (non-hydrogen) atoms. The van der Waals surface area contributed by atoms with Gasteiger partial charge >= 0.3 is 5.97 Å². The second-order valence-electron chi connectivity index (χ2n) is 4.27. The van der Waals surface area contributed by atoms with Gasteiger partial charge in [-0.05, 0) is 25.7 Å². The highest BCUT2D eigenvalue weighted by Crippen LogP contribution is 2.20. The van der Waals surface area contributed by atoms with Crippen molar-refractivity contribution >= 4 is 11.9 Å². The first-order valence-corrected chi connectivity index (χ1v) is 5.84. The molecule has 1 aliphatic rings. The average molecular weight is 228 g/mol. The summed E-state index contributed by atoms with van der Waals surface area (Å²) >= 11 is 0. The number of aliphatic carboxylic acids is 1. The summed E-state index contributed by atoms with van der Waals surface area (Å²) in [5, 5.41) is 8.53. The van der Waals surface area contributed by atoms with E-state index in [1.165, 1.54) is 0 Å². The van der Waals surface area contributed by atoms with Crippen LogP contribution in [-0.2, 0) is 9.59 Å². The molecule has 0 radical (unpaired) electrons. The highest BCUT2D eigenvalue weighted by Gasteiger charge is 2.30. The van der Waals surface area contributed by atoms with E-state index in [0.29, 0.717) is 6.04 Å². The maximum atomic E-state index is 11.9. The molecule has 1 rings (SSSR count). The van der Waals surface area contributed by atoms with Crippen LogP contribution in [0.3, 0.4) is 0 Å². The Morgan fingerprint density at radius 2 is 2.25 bits per heavy atom. The van der Waals surface area contributed by atoms with Crippen LogP contribution in [0.2, 0.25) is 0 Å². The number of hydrogen-bond donors (Lipinski definition) is 2. The summed E-state index contributed by atoms with van der Waals surface area (Å²) in [4.78, 5) is 24.1. The number of hydrogen-bond acceptors (Lipinski definition) is 3. The second-order valence-corrected chi connectivity index (χ2v) is 4.27. The summed E-state index contributed by atoms with van der Waals surface area (Å²) < 4.78 is 0. The van der Waals surface area contributed by atoms with Crippen LogP contribution in [0.25, 0.3) is 0 Å². The summed E-state index contributed by atoms with van der Waals surface area (Å²) in [6.07, 6.45) is 3.18. The van der Waals surface area contributed by atoms with E-state index in [9.17, 15) is 9.59 Å². The van der Waals surface area contributed by atoms with E-state index in [-0.39, 0.29) is 18.7 Å². The first-order chi connectivity index (χ1) is 7.56. The molecule has 1 aliphatic heterocycles. The number of nitrogens with two attached hydrogens (primary N) is 1. The maximum Gasteiger partial charge on any atom is 0.303 e. The molecule has 0 aromatic heterocycles. The van der Waals surface area contributed by atoms with Gasteiger partial charge in [0.15, 0.2) is 0 Å². The highest BCUT2D eigenvalue weighted by molar-refractivity contribution is 5.82. The highest BCUT2D eigenvalue weighted by atomic mass is 16.4. The summed E-state index contributed by atoms with van der Waals surface area (Å²) in [7, 11) is 0. The quantitative estimate of drug-likeness (QED) is 0.721. The van der Waals surface area contributed by atoms with Gasteiger partial charge < -0.3 is 15.7 Å². The minimum atomic E-state index is -0.906. The molecule has 2 atom stereocenters. The Labute approximate surface area is 95.6 Å². The molecule has 1 fully saturated rings. The zero-order chi connectivity index (χ0) is 12.1. The van der Waals surface area contributed by atoms with Crippen molar-refractivity contribution in [1.82, 2.24) is 4.90 Å². The Kier molecular flexibility index (Phi) is 4.73. The van der Waals surface area contributed by atoms with E-state index in [1.807, 2.05) is 4.90 Å². The van der Waals surface area contributed by atoms with Gasteiger partial charge in [0, 0.05) is 19.0 Å². The van der Waals surface area contributed by atoms with Crippen molar-refractivity contribution in [3.8, 4) is 0 Å². The third-order valence-corrected chi connectivity index (χ3v) is 3.12. The number of rotatable bonds is 5. The van der Waals surface area contributed by atoms with Gasteiger partial charge in [0.1, 0.15) is 0 Å². The van der Waals surface area contributed by atoms with Crippen molar-refractivity contribution in [1.29, 1.82) is 0 Å². The fourth-order valence-corrected chi connectivity index (χ4v) is 2.17. The molecule has 2 unspecified atom stereocenters. The summed E-state index contributed by atoms with van der Waals surface area (Å²) in [6, 6.07) is -0.369. The van der Waals surface area contributed by atoms with Crippen LogP contribution < -0.4 is 5.73 Å². The van der Waals surface area contributed by atoms with E-state index in [4.69, 9.17) is 10.8 Å². The third-order valence-electron chi connectivity index (χ3n) is 3.12. The Bertz CT molecular complexity index is 268. The van der Waals surface area contributed by atoms with Crippen molar-refractivity contribution in [2.24, 2.45) is 5.73 Å². The van der Waals surface area contributed by atoms with Gasteiger partial charge in [-0.15, -0.1) is 0 Å². The predicted molar refractivity (Wildman–Crippen MR) is 59.9 cm³/mol. The number of carboxylic acids is 1. The molecule has 0 aromatic carbocycles. The average Bonchev–Trinajstić information content (AvgIpc) is 2.72. The largest absolute Gasteiger partial charge is 0.481 e. The van der Waals surface area contributed by atoms with Crippen molar-refractivity contribution in [3.05, 3.63) is 0 Å². The van der Waals surface area contributed by atoms with Crippen molar-refractivity contribution < 1.29 is 14.7 Å². The minimum Gasteiger partial charge on any atom is -0.481 e. The lowest BCUT2D eigenvalue weighted by Gasteiger charge is -2.26. The topological polar surface area (TPSA) is 83.6 Å². The van der Waals surface area contributed by atoms with Crippen LogP contribution in [0.4, 0.5) is 0 Å². The normalized spacial score (nSPS) is 22.1. The van der Waals surface area contributed by atoms with E-state index >= 15 is 0 Å². The Morgan fingerprint density at radius 3 is 2.81 bits per heavy atom. The molecular weight excluding hydrogens is 208 g/mol. The molecule has 0 aromatic rings. The molecule has 0 saturated carbocycles. The van der Waals surface area contributed by atoms with Gasteiger partial charge in [0.05, 0.1) is 6.04 Å². The van der Waals surface area contributed by atoms with E-state index in [0.717, 1.165) is 25.8 Å². The number of carbonyl (C=O) groups is 2. The van der Waals surface area contributed by atoms with Gasteiger partial charge in [-0.2, -0.15) is 0 Å². The van der Waals surface area contributed by atoms with Crippen molar-refractivity contribution in [2.45, 2.75) is 51.1 Å². The van der Waals surface area contributed by atoms with Crippen LogP contribution in [0.5, 0.6) is 0 Å². The van der Waals surface area contributed by atoms with Crippen molar-refractivity contribution in [3.63, 3.8) is 0 Å². The molecule has 0 bridgehead atoms. The standard InChI is InChI=1S/C11H20N2O3/c1-2-8-4-3-7-13(8)11(16)9(12)5-6-10(14)15/h8-9H,2-7,12H2,1H3,(H,14,15). The number of nitrogens with zero attached hydrogens (tertiary/aromatic N) is 1. The fourth-order valence-electron chi connectivity index (χ4n) is 2.17. The molecule has 92 valence electrons. The van der Waals surface area contributed by atoms with Crippen LogP contribution in [0, 0.1) is 0 Å². The molecule has 1 saturated heterocycles. The molecule has 1 amide bonds. The molecule has 5 heteroatoms. The zero-order valence-electron chi connectivity index (χ0n) is 9.69. The SMILES string of the molecule is CCC1CCCN1C(=O)C(N)CCC(=O)O. The lowest BCUT2D eigenvalue weighted by atomic mass is 10.1. The number of amides is 1. The molecule has 0 aliphatic carbocycles. The Balaban J connectivity index is 2.46. The van der Waals surface area contributed by atoms with Gasteiger partial charge in [-0.1, -0.05) is 6.92 Å². The Morgan fingerprint density at radius 1 is 1.56 bits per heavy atom.